The van der Waals surface area contributed by atoms with Crippen LogP contribution in [0.5, 0.6) is 0 Å². The van der Waals surface area contributed by atoms with Crippen molar-refractivity contribution in [1.29, 1.82) is 0 Å². The third-order valence-corrected chi connectivity index (χ3v) is 3.27. The molecule has 0 amide bonds. The van der Waals surface area contributed by atoms with E-state index in [1.54, 1.807) is 11.7 Å². The maximum atomic E-state index is 11.5. The van der Waals surface area contributed by atoms with E-state index in [0.717, 1.165) is 30.8 Å². The van der Waals surface area contributed by atoms with Crippen LogP contribution in [0.2, 0.25) is 0 Å². The third-order valence-electron chi connectivity index (χ3n) is 3.27. The lowest BCUT2D eigenvalue weighted by Crippen LogP contribution is -2.31. The molecule has 1 unspecified atom stereocenters. The molecule has 1 aromatic rings. The third kappa shape index (κ3) is 2.15. The Morgan fingerprint density at radius 2 is 2.33 bits per heavy atom. The predicted octanol–water partition coefficient (Wildman–Crippen LogP) is 0.564. The van der Waals surface area contributed by atoms with E-state index in [1.165, 1.54) is 12.8 Å². The van der Waals surface area contributed by atoms with Crippen LogP contribution in [-0.2, 0) is 13.5 Å². The second kappa shape index (κ2) is 4.23. The summed E-state index contributed by atoms with van der Waals surface area (Å²) in [7, 11) is 1.78. The van der Waals surface area contributed by atoms with Gasteiger partial charge in [-0.3, -0.25) is 14.6 Å². The Morgan fingerprint density at radius 3 is 2.87 bits per heavy atom. The molecule has 1 fully saturated rings. The molecular formula is C11H19N3O. The van der Waals surface area contributed by atoms with E-state index in [0.29, 0.717) is 5.92 Å². The van der Waals surface area contributed by atoms with Gasteiger partial charge in [-0.15, -0.1) is 0 Å². The molecule has 0 aromatic carbocycles. The number of piperidine rings is 1. The average Bonchev–Trinajstić information content (AvgIpc) is 2.48. The summed E-state index contributed by atoms with van der Waals surface area (Å²) in [5.74, 6) is 0.676. The minimum absolute atomic E-state index is 0.105. The first-order valence-corrected chi connectivity index (χ1v) is 5.63. The van der Waals surface area contributed by atoms with E-state index in [2.05, 4.69) is 10.4 Å². The van der Waals surface area contributed by atoms with Crippen molar-refractivity contribution in [2.75, 3.05) is 13.1 Å². The number of nitrogens with one attached hydrogen (secondary N) is 2. The van der Waals surface area contributed by atoms with E-state index in [9.17, 15) is 4.79 Å². The van der Waals surface area contributed by atoms with Gasteiger partial charge in [0.25, 0.3) is 5.56 Å². The smallest absolute Gasteiger partial charge is 0.269 e. The lowest BCUT2D eigenvalue weighted by Gasteiger charge is -2.22. The highest BCUT2D eigenvalue weighted by Gasteiger charge is 2.16. The molecule has 2 rings (SSSR count). The molecule has 2 N–H and O–H groups in total. The van der Waals surface area contributed by atoms with Crippen LogP contribution < -0.4 is 10.9 Å². The average molecular weight is 209 g/mol. The Labute approximate surface area is 89.7 Å². The molecule has 4 heteroatoms. The van der Waals surface area contributed by atoms with Gasteiger partial charge in [-0.05, 0) is 45.2 Å². The number of nitrogens with zero attached hydrogens (tertiary/aromatic N) is 1. The van der Waals surface area contributed by atoms with Gasteiger partial charge in [-0.2, -0.15) is 0 Å². The summed E-state index contributed by atoms with van der Waals surface area (Å²) in [5.41, 5.74) is 2.09. The van der Waals surface area contributed by atoms with Crippen LogP contribution in [-0.4, -0.2) is 22.9 Å². The normalized spacial score (nSPS) is 21.9. The lowest BCUT2D eigenvalue weighted by atomic mass is 9.94. The zero-order chi connectivity index (χ0) is 10.8. The highest BCUT2D eigenvalue weighted by atomic mass is 16.1. The van der Waals surface area contributed by atoms with Crippen molar-refractivity contribution in [1.82, 2.24) is 15.1 Å². The fourth-order valence-corrected chi connectivity index (χ4v) is 2.30. The predicted molar refractivity (Wildman–Crippen MR) is 60.1 cm³/mol. The summed E-state index contributed by atoms with van der Waals surface area (Å²) in [5, 5.41) is 6.53. The van der Waals surface area contributed by atoms with Crippen molar-refractivity contribution in [3.05, 3.63) is 21.6 Å². The van der Waals surface area contributed by atoms with Gasteiger partial charge < -0.3 is 5.32 Å². The Balaban J connectivity index is 2.09. The first kappa shape index (κ1) is 10.5. The highest BCUT2D eigenvalue weighted by Crippen LogP contribution is 2.15. The fraction of sp³-hybridized carbons (Fsp3) is 0.727. The van der Waals surface area contributed by atoms with Gasteiger partial charge in [0.15, 0.2) is 0 Å². The SMILES string of the molecule is Cc1c(CC2CCCNC2)[nH]n(C)c1=O. The molecule has 84 valence electrons. The molecule has 1 aliphatic rings. The Hall–Kier alpha value is -1.03. The first-order valence-electron chi connectivity index (χ1n) is 5.63. The molecule has 0 aliphatic carbocycles. The van der Waals surface area contributed by atoms with Crippen molar-refractivity contribution in [3.8, 4) is 0 Å². The van der Waals surface area contributed by atoms with Crippen molar-refractivity contribution in [2.24, 2.45) is 13.0 Å². The Morgan fingerprint density at radius 1 is 1.53 bits per heavy atom. The van der Waals surface area contributed by atoms with Crippen LogP contribution in [0, 0.1) is 12.8 Å². The van der Waals surface area contributed by atoms with Crippen LogP contribution >= 0.6 is 0 Å². The number of hydrogen-bond acceptors (Lipinski definition) is 2. The summed E-state index contributed by atoms with van der Waals surface area (Å²) in [6.07, 6.45) is 3.51. The molecule has 0 bridgehead atoms. The van der Waals surface area contributed by atoms with Crippen LogP contribution in [0.1, 0.15) is 24.1 Å². The molecule has 2 heterocycles. The number of rotatable bonds is 2. The zero-order valence-electron chi connectivity index (χ0n) is 9.47. The van der Waals surface area contributed by atoms with Crippen molar-refractivity contribution >= 4 is 0 Å². The Kier molecular flexibility index (Phi) is 2.95. The quantitative estimate of drug-likeness (QED) is 0.748. The zero-order valence-corrected chi connectivity index (χ0v) is 9.47. The van der Waals surface area contributed by atoms with Crippen LogP contribution in [0.3, 0.4) is 0 Å². The first-order chi connectivity index (χ1) is 7.18. The molecule has 1 atom stereocenters. The molecule has 0 spiro atoms. The van der Waals surface area contributed by atoms with Gasteiger partial charge >= 0.3 is 0 Å². The second-order valence-corrected chi connectivity index (χ2v) is 4.50. The van der Waals surface area contributed by atoms with E-state index in [-0.39, 0.29) is 5.56 Å². The van der Waals surface area contributed by atoms with Gasteiger partial charge in [-0.1, -0.05) is 0 Å². The van der Waals surface area contributed by atoms with Gasteiger partial charge in [-0.25, -0.2) is 0 Å². The highest BCUT2D eigenvalue weighted by molar-refractivity contribution is 5.15. The van der Waals surface area contributed by atoms with E-state index < -0.39 is 0 Å². The maximum Gasteiger partial charge on any atom is 0.269 e. The molecule has 0 radical (unpaired) electrons. The second-order valence-electron chi connectivity index (χ2n) is 4.50. The van der Waals surface area contributed by atoms with Crippen LogP contribution in [0.25, 0.3) is 0 Å². The molecule has 0 saturated carbocycles. The summed E-state index contributed by atoms with van der Waals surface area (Å²) in [6.45, 7) is 4.13. The van der Waals surface area contributed by atoms with Gasteiger partial charge in [0.2, 0.25) is 0 Å². The molecule has 1 aromatic heterocycles. The lowest BCUT2D eigenvalue weighted by molar-refractivity contribution is 0.372. The summed E-state index contributed by atoms with van der Waals surface area (Å²) in [6, 6.07) is 0. The minimum atomic E-state index is 0.105. The molecule has 1 aliphatic heterocycles. The number of aromatic nitrogens is 2. The van der Waals surface area contributed by atoms with Crippen molar-refractivity contribution < 1.29 is 0 Å². The minimum Gasteiger partial charge on any atom is -0.316 e. The standard InChI is InChI=1S/C11H19N3O/c1-8-10(13-14(2)11(8)15)6-9-4-3-5-12-7-9/h9,12-13H,3-7H2,1-2H3. The largest absolute Gasteiger partial charge is 0.316 e. The molecule has 1 saturated heterocycles. The monoisotopic (exact) mass is 209 g/mol. The molecular weight excluding hydrogens is 190 g/mol. The van der Waals surface area contributed by atoms with Crippen LogP contribution in [0.4, 0.5) is 0 Å². The summed E-state index contributed by atoms with van der Waals surface area (Å²) in [4.78, 5) is 11.5. The van der Waals surface area contributed by atoms with E-state index >= 15 is 0 Å². The molecule has 4 nitrogen and oxygen atoms in total. The topological polar surface area (TPSA) is 49.8 Å². The number of aromatic amines is 1. The van der Waals surface area contributed by atoms with E-state index in [1.807, 2.05) is 6.92 Å². The maximum absolute atomic E-state index is 11.5. The number of aryl methyl sites for hydroxylation is 1. The van der Waals surface area contributed by atoms with Crippen molar-refractivity contribution in [3.63, 3.8) is 0 Å². The summed E-state index contributed by atoms with van der Waals surface area (Å²) >= 11 is 0. The number of hydrogen-bond donors (Lipinski definition) is 2. The van der Waals surface area contributed by atoms with Crippen molar-refractivity contribution in [2.45, 2.75) is 26.2 Å². The van der Waals surface area contributed by atoms with Gasteiger partial charge in [0.1, 0.15) is 0 Å². The summed E-state index contributed by atoms with van der Waals surface area (Å²) < 4.78 is 1.57. The van der Waals surface area contributed by atoms with Gasteiger partial charge in [0.05, 0.1) is 0 Å². The molecule has 15 heavy (non-hydrogen) atoms. The van der Waals surface area contributed by atoms with E-state index in [4.69, 9.17) is 0 Å². The number of H-pyrrole nitrogens is 1. The van der Waals surface area contributed by atoms with Crippen LogP contribution in [0.15, 0.2) is 4.79 Å². The Bertz CT molecular complexity index is 385. The fourth-order valence-electron chi connectivity index (χ4n) is 2.30. The van der Waals surface area contributed by atoms with Gasteiger partial charge in [0, 0.05) is 18.3 Å².